The van der Waals surface area contributed by atoms with Gasteiger partial charge in [0.05, 0.1) is 17.5 Å². The van der Waals surface area contributed by atoms with Gasteiger partial charge in [-0.05, 0) is 66.4 Å². The number of ether oxygens (including phenoxy) is 1. The van der Waals surface area contributed by atoms with Gasteiger partial charge < -0.3 is 4.74 Å². The van der Waals surface area contributed by atoms with Crippen molar-refractivity contribution in [2.45, 2.75) is 104 Å². The topological polar surface area (TPSA) is 60.4 Å². The number of hydrogen-bond donors (Lipinski definition) is 0. The number of Topliss-reactive ketones (excluding diaryl/α,β-unsaturated/α-hetero) is 1. The highest BCUT2D eigenvalue weighted by atomic mass is 32.2. The maximum absolute atomic E-state index is 13.2. The summed E-state index contributed by atoms with van der Waals surface area (Å²) in [6.45, 7) is 18.8. The molecule has 5 heteroatoms. The Morgan fingerprint density at radius 3 is 1.81 bits per heavy atom. The van der Waals surface area contributed by atoms with E-state index in [0.717, 1.165) is 5.57 Å². The van der Waals surface area contributed by atoms with Gasteiger partial charge in [-0.3, -0.25) is 4.79 Å². The lowest BCUT2D eigenvalue weighted by Crippen LogP contribution is -2.24. The van der Waals surface area contributed by atoms with Crippen LogP contribution in [0.2, 0.25) is 0 Å². The maximum atomic E-state index is 13.2. The third kappa shape index (κ3) is 8.38. The van der Waals surface area contributed by atoms with E-state index in [1.54, 1.807) is 25.1 Å². The normalized spacial score (nSPS) is 15.3. The molecule has 0 saturated carbocycles. The van der Waals surface area contributed by atoms with E-state index in [1.807, 2.05) is 25.1 Å². The lowest BCUT2D eigenvalue weighted by atomic mass is 9.82. The number of ketones is 1. The summed E-state index contributed by atoms with van der Waals surface area (Å²) in [6, 6.07) is 13.8. The molecule has 0 amide bonds. The first-order valence-electron chi connectivity index (χ1n) is 13.4. The van der Waals surface area contributed by atoms with E-state index in [9.17, 15) is 13.2 Å². The van der Waals surface area contributed by atoms with Gasteiger partial charge in [0, 0.05) is 18.2 Å². The molecular formula is C32H46O4S. The summed E-state index contributed by atoms with van der Waals surface area (Å²) in [5.41, 5.74) is 6.40. The molecule has 37 heavy (non-hydrogen) atoms. The summed E-state index contributed by atoms with van der Waals surface area (Å²) in [5.74, 6) is 1.01. The molecule has 0 aliphatic carbocycles. The molecule has 2 aromatic carbocycles. The highest BCUT2D eigenvalue weighted by Crippen LogP contribution is 2.38. The van der Waals surface area contributed by atoms with Gasteiger partial charge in [-0.25, -0.2) is 8.42 Å². The van der Waals surface area contributed by atoms with Crippen LogP contribution >= 0.6 is 0 Å². The molecule has 0 spiro atoms. The van der Waals surface area contributed by atoms with E-state index >= 15 is 0 Å². The standard InChI is InChI=1S/C32H46O4S/c1-20(2)27-17-28(21(3)4)32(29(18-27)22(5)6)25(9)36-31(23(7)16-24(8)37(10,34)35)19-30(33)26-14-12-11-13-15-26/h11-18,20-22,24-25,31H,19H2,1-10H3/b23-16-/t24-,25+,31+/m0/s1. The van der Waals surface area contributed by atoms with E-state index in [1.165, 1.54) is 28.5 Å². The molecule has 2 rings (SSSR count). The summed E-state index contributed by atoms with van der Waals surface area (Å²) in [6.07, 6.45) is 2.28. The maximum Gasteiger partial charge on any atom is 0.165 e. The largest absolute Gasteiger partial charge is 0.366 e. The number of hydrogen-bond acceptors (Lipinski definition) is 4. The second-order valence-corrected chi connectivity index (χ2v) is 13.7. The molecule has 204 valence electrons. The molecule has 0 heterocycles. The molecule has 0 bridgehead atoms. The van der Waals surface area contributed by atoms with Crippen molar-refractivity contribution in [2.24, 2.45) is 0 Å². The first kappa shape index (κ1) is 31.0. The Morgan fingerprint density at radius 1 is 0.865 bits per heavy atom. The minimum atomic E-state index is -3.26. The van der Waals surface area contributed by atoms with E-state index in [2.05, 4.69) is 60.6 Å². The first-order chi connectivity index (χ1) is 17.1. The molecule has 0 N–H and O–H groups in total. The van der Waals surface area contributed by atoms with Crippen LogP contribution in [-0.4, -0.2) is 31.8 Å². The van der Waals surface area contributed by atoms with Crippen molar-refractivity contribution in [3.8, 4) is 0 Å². The van der Waals surface area contributed by atoms with Gasteiger partial charge in [0.25, 0.3) is 0 Å². The van der Waals surface area contributed by atoms with Crippen LogP contribution in [0.4, 0.5) is 0 Å². The van der Waals surface area contributed by atoms with Gasteiger partial charge in [0.2, 0.25) is 0 Å². The van der Waals surface area contributed by atoms with Crippen molar-refractivity contribution in [2.75, 3.05) is 6.26 Å². The summed E-state index contributed by atoms with van der Waals surface area (Å²) < 4.78 is 31.0. The van der Waals surface area contributed by atoms with E-state index < -0.39 is 21.2 Å². The predicted octanol–water partition coefficient (Wildman–Crippen LogP) is 8.16. The Kier molecular flexibility index (Phi) is 10.9. The fourth-order valence-electron chi connectivity index (χ4n) is 4.62. The van der Waals surface area contributed by atoms with Crippen LogP contribution < -0.4 is 0 Å². The van der Waals surface area contributed by atoms with Crippen molar-refractivity contribution < 1.29 is 17.9 Å². The molecule has 2 aromatic rings. The lowest BCUT2D eigenvalue weighted by molar-refractivity contribution is 0.0128. The van der Waals surface area contributed by atoms with Gasteiger partial charge in [0.15, 0.2) is 15.6 Å². The second kappa shape index (κ2) is 13.0. The number of carbonyl (C=O) groups is 1. The average Bonchev–Trinajstić information content (AvgIpc) is 2.82. The summed E-state index contributed by atoms with van der Waals surface area (Å²) in [4.78, 5) is 13.2. The van der Waals surface area contributed by atoms with Crippen LogP contribution in [0.15, 0.2) is 54.1 Å². The first-order valence-corrected chi connectivity index (χ1v) is 15.4. The lowest BCUT2D eigenvalue weighted by Gasteiger charge is -2.30. The van der Waals surface area contributed by atoms with Crippen LogP contribution in [0.5, 0.6) is 0 Å². The minimum Gasteiger partial charge on any atom is -0.366 e. The molecule has 0 fully saturated rings. The summed E-state index contributed by atoms with van der Waals surface area (Å²) in [5, 5.41) is -0.663. The number of rotatable bonds is 12. The third-order valence-corrected chi connectivity index (χ3v) is 8.59. The monoisotopic (exact) mass is 526 g/mol. The van der Waals surface area contributed by atoms with E-state index in [4.69, 9.17) is 4.74 Å². The van der Waals surface area contributed by atoms with Crippen LogP contribution in [0, 0.1) is 0 Å². The van der Waals surface area contributed by atoms with Crippen molar-refractivity contribution in [1.29, 1.82) is 0 Å². The molecule has 0 saturated heterocycles. The number of benzene rings is 2. The molecular weight excluding hydrogens is 480 g/mol. The zero-order valence-electron chi connectivity index (χ0n) is 24.3. The van der Waals surface area contributed by atoms with Gasteiger partial charge in [-0.2, -0.15) is 0 Å². The molecule has 0 radical (unpaired) electrons. The van der Waals surface area contributed by atoms with Crippen LogP contribution in [0.3, 0.4) is 0 Å². The predicted molar refractivity (Wildman–Crippen MR) is 155 cm³/mol. The van der Waals surface area contributed by atoms with Crippen LogP contribution in [0.25, 0.3) is 0 Å². The van der Waals surface area contributed by atoms with Gasteiger partial charge in [-0.1, -0.05) is 90.1 Å². The van der Waals surface area contributed by atoms with Crippen LogP contribution in [0.1, 0.15) is 125 Å². The quantitative estimate of drug-likeness (QED) is 0.207. The third-order valence-electron chi connectivity index (χ3n) is 7.10. The SMILES string of the molecule is C/C(=C/[C@H](C)S(C)(=O)=O)[C@@H](CC(=O)c1ccccc1)O[C@H](C)c1c(C(C)C)cc(C(C)C)cc1C(C)C. The molecule has 3 atom stereocenters. The Bertz CT molecular complexity index is 1160. The molecule has 0 aliphatic rings. The van der Waals surface area contributed by atoms with E-state index in [-0.39, 0.29) is 18.3 Å². The summed E-state index contributed by atoms with van der Waals surface area (Å²) in [7, 11) is -3.26. The smallest absolute Gasteiger partial charge is 0.165 e. The van der Waals surface area contributed by atoms with Gasteiger partial charge in [0.1, 0.15) is 0 Å². The van der Waals surface area contributed by atoms with Crippen molar-refractivity contribution in [3.63, 3.8) is 0 Å². The van der Waals surface area contributed by atoms with Crippen molar-refractivity contribution in [3.05, 3.63) is 81.9 Å². The molecule has 0 unspecified atom stereocenters. The number of carbonyl (C=O) groups excluding carboxylic acids is 1. The second-order valence-electron chi connectivity index (χ2n) is 11.3. The Labute approximate surface area is 225 Å². The van der Waals surface area contributed by atoms with E-state index in [0.29, 0.717) is 23.3 Å². The van der Waals surface area contributed by atoms with Gasteiger partial charge >= 0.3 is 0 Å². The van der Waals surface area contributed by atoms with Crippen molar-refractivity contribution >= 4 is 15.6 Å². The fourth-order valence-corrected chi connectivity index (χ4v) is 5.09. The van der Waals surface area contributed by atoms with Gasteiger partial charge in [-0.15, -0.1) is 0 Å². The average molecular weight is 527 g/mol. The minimum absolute atomic E-state index is 0.0270. The molecule has 0 aromatic heterocycles. The Morgan fingerprint density at radius 2 is 1.38 bits per heavy atom. The zero-order chi connectivity index (χ0) is 28.1. The fraction of sp³-hybridized carbons (Fsp3) is 0.531. The van der Waals surface area contributed by atoms with Crippen LogP contribution in [-0.2, 0) is 14.6 Å². The summed E-state index contributed by atoms with van der Waals surface area (Å²) >= 11 is 0. The molecule has 4 nitrogen and oxygen atoms in total. The molecule has 0 aliphatic heterocycles. The highest BCUT2D eigenvalue weighted by Gasteiger charge is 2.27. The highest BCUT2D eigenvalue weighted by molar-refractivity contribution is 7.91. The Balaban J connectivity index is 2.57. The zero-order valence-corrected chi connectivity index (χ0v) is 25.1. The number of sulfone groups is 1. The van der Waals surface area contributed by atoms with Crippen molar-refractivity contribution in [1.82, 2.24) is 0 Å². The Hall–Kier alpha value is -2.24.